The first-order valence-corrected chi connectivity index (χ1v) is 12.3. The van der Waals surface area contributed by atoms with Crippen LogP contribution in [0.2, 0.25) is 0 Å². The molecule has 1 heterocycles. The molecule has 1 aromatic heterocycles. The number of carbonyl (C=O) groups excluding carboxylic acids is 1. The lowest BCUT2D eigenvalue weighted by atomic mass is 9.89. The number of unbranched alkanes of at least 4 members (excludes halogenated alkanes) is 2. The van der Waals surface area contributed by atoms with Gasteiger partial charge >= 0.3 is 6.03 Å². The highest BCUT2D eigenvalue weighted by molar-refractivity contribution is 7.98. The van der Waals surface area contributed by atoms with Gasteiger partial charge in [-0.05, 0) is 61.9 Å². The van der Waals surface area contributed by atoms with Crippen LogP contribution in [0.25, 0.3) is 10.9 Å². The molecule has 3 aromatic rings. The van der Waals surface area contributed by atoms with E-state index in [0.717, 1.165) is 27.9 Å². The summed E-state index contributed by atoms with van der Waals surface area (Å²) in [5.74, 6) is 0.312. The van der Waals surface area contributed by atoms with E-state index in [2.05, 4.69) is 54.6 Å². The molecule has 0 radical (unpaired) electrons. The number of fused-ring (bicyclic) bond motifs is 1. The molecule has 0 spiro atoms. The van der Waals surface area contributed by atoms with Crippen LogP contribution in [-0.2, 0) is 0 Å². The Morgan fingerprint density at radius 3 is 2.71 bits per heavy atom. The second-order valence-electron chi connectivity index (χ2n) is 8.10. The molecule has 2 amide bonds. The lowest BCUT2D eigenvalue weighted by molar-refractivity contribution is 0.251. The fourth-order valence-electron chi connectivity index (χ4n) is 4.10. The van der Waals surface area contributed by atoms with E-state index in [1.807, 2.05) is 30.5 Å². The number of urea groups is 1. The molecule has 0 aliphatic rings. The molecule has 31 heavy (non-hydrogen) atoms. The van der Waals surface area contributed by atoms with Crippen LogP contribution < -0.4 is 10.6 Å². The molecule has 164 valence electrons. The molecule has 4 nitrogen and oxygen atoms in total. The van der Waals surface area contributed by atoms with Gasteiger partial charge in [-0.15, -0.1) is 11.8 Å². The van der Waals surface area contributed by atoms with Crippen LogP contribution >= 0.6 is 11.8 Å². The summed E-state index contributed by atoms with van der Waals surface area (Å²) in [5.41, 5.74) is 5.61. The van der Waals surface area contributed by atoms with E-state index < -0.39 is 0 Å². The van der Waals surface area contributed by atoms with Gasteiger partial charge in [0.15, 0.2) is 0 Å². The lowest BCUT2D eigenvalue weighted by Crippen LogP contribution is -2.33. The van der Waals surface area contributed by atoms with Crippen molar-refractivity contribution < 1.29 is 4.79 Å². The largest absolute Gasteiger partial charge is 0.337 e. The number of nitrogens with zero attached hydrogens (tertiary/aromatic N) is 1. The predicted molar refractivity (Wildman–Crippen MR) is 133 cm³/mol. The third-order valence-electron chi connectivity index (χ3n) is 5.74. The molecule has 1 atom stereocenters. The van der Waals surface area contributed by atoms with Crippen LogP contribution in [-0.4, -0.2) is 23.8 Å². The van der Waals surface area contributed by atoms with Crippen molar-refractivity contribution in [3.05, 3.63) is 65.4 Å². The summed E-state index contributed by atoms with van der Waals surface area (Å²) in [4.78, 5) is 18.3. The van der Waals surface area contributed by atoms with E-state index in [0.29, 0.717) is 12.5 Å². The molecule has 1 unspecified atom stereocenters. The van der Waals surface area contributed by atoms with Crippen molar-refractivity contribution in [3.63, 3.8) is 0 Å². The van der Waals surface area contributed by atoms with Crippen LogP contribution in [0.4, 0.5) is 10.5 Å². The van der Waals surface area contributed by atoms with Gasteiger partial charge in [0.2, 0.25) is 0 Å². The average molecular weight is 436 g/mol. The number of hydrogen-bond donors (Lipinski definition) is 2. The van der Waals surface area contributed by atoms with Gasteiger partial charge < -0.3 is 10.6 Å². The minimum Gasteiger partial charge on any atom is -0.337 e. The zero-order chi connectivity index (χ0) is 22.2. The van der Waals surface area contributed by atoms with Crippen LogP contribution in [0, 0.1) is 13.8 Å². The number of nitrogens with one attached hydrogen (secondary N) is 2. The molecule has 0 saturated heterocycles. The van der Waals surface area contributed by atoms with Crippen LogP contribution in [0.5, 0.6) is 0 Å². The Morgan fingerprint density at radius 1 is 1.13 bits per heavy atom. The first-order chi connectivity index (χ1) is 15.0. The van der Waals surface area contributed by atoms with Crippen molar-refractivity contribution in [1.29, 1.82) is 0 Å². The Morgan fingerprint density at radius 2 is 1.97 bits per heavy atom. The maximum atomic E-state index is 12.9. The van der Waals surface area contributed by atoms with Crippen molar-refractivity contribution in [1.82, 2.24) is 10.3 Å². The van der Waals surface area contributed by atoms with Gasteiger partial charge in [0.25, 0.3) is 0 Å². The van der Waals surface area contributed by atoms with Crippen molar-refractivity contribution in [2.24, 2.45) is 0 Å². The number of pyridine rings is 1. The average Bonchev–Trinajstić information content (AvgIpc) is 2.77. The molecule has 0 aliphatic carbocycles. The van der Waals surface area contributed by atoms with Gasteiger partial charge in [0.05, 0.1) is 11.2 Å². The number of rotatable bonds is 9. The summed E-state index contributed by atoms with van der Waals surface area (Å²) in [6, 6.07) is 14.4. The molecule has 0 bridgehead atoms. The number of amides is 2. The Balaban J connectivity index is 1.74. The highest BCUT2D eigenvalue weighted by atomic mass is 32.2. The zero-order valence-corrected chi connectivity index (χ0v) is 19.8. The molecule has 2 aromatic carbocycles. The zero-order valence-electron chi connectivity index (χ0n) is 19.0. The third kappa shape index (κ3) is 6.01. The normalized spacial score (nSPS) is 12.0. The third-order valence-corrected chi connectivity index (χ3v) is 6.52. The van der Waals surface area contributed by atoms with Crippen molar-refractivity contribution in [2.75, 3.05) is 18.1 Å². The Hall–Kier alpha value is -2.53. The number of benzene rings is 2. The molecule has 2 N–H and O–H groups in total. The number of aryl methyl sites for hydroxylation is 2. The Kier molecular flexibility index (Phi) is 8.35. The minimum atomic E-state index is -0.170. The number of thioether (sulfide) groups is 1. The number of hydrogen-bond acceptors (Lipinski definition) is 3. The Labute approximate surface area is 190 Å². The van der Waals surface area contributed by atoms with Gasteiger partial charge in [-0.1, -0.05) is 49.9 Å². The monoisotopic (exact) mass is 435 g/mol. The molecule has 0 saturated carbocycles. The van der Waals surface area contributed by atoms with Gasteiger partial charge in [0.1, 0.15) is 0 Å². The molecular formula is C26H33N3OS. The van der Waals surface area contributed by atoms with Gasteiger partial charge in [0, 0.05) is 28.9 Å². The lowest BCUT2D eigenvalue weighted by Gasteiger charge is -2.21. The first kappa shape index (κ1) is 23.1. The van der Waals surface area contributed by atoms with Gasteiger partial charge in [-0.2, -0.15) is 0 Å². The first-order valence-electron chi connectivity index (χ1n) is 11.1. The fraction of sp³-hybridized carbons (Fsp3) is 0.385. The summed E-state index contributed by atoms with van der Waals surface area (Å²) in [6.07, 6.45) is 8.45. The SMILES string of the molecule is CCCCCC(CNC(=O)Nc1c(SC)ccc2ncccc12)c1ccc(C)cc1C. The van der Waals surface area contributed by atoms with Crippen molar-refractivity contribution in [2.45, 2.75) is 57.3 Å². The van der Waals surface area contributed by atoms with Gasteiger partial charge in [-0.25, -0.2) is 4.79 Å². The molecule has 3 rings (SSSR count). The van der Waals surface area contributed by atoms with E-state index in [9.17, 15) is 4.79 Å². The van der Waals surface area contributed by atoms with Crippen LogP contribution in [0.3, 0.4) is 0 Å². The second-order valence-corrected chi connectivity index (χ2v) is 8.95. The fourth-order valence-corrected chi connectivity index (χ4v) is 4.67. The van der Waals surface area contributed by atoms with E-state index in [4.69, 9.17) is 0 Å². The van der Waals surface area contributed by atoms with Gasteiger partial charge in [-0.3, -0.25) is 4.98 Å². The van der Waals surface area contributed by atoms with E-state index in [1.54, 1.807) is 18.0 Å². The van der Waals surface area contributed by atoms with Crippen molar-refractivity contribution >= 4 is 34.4 Å². The maximum absolute atomic E-state index is 12.9. The summed E-state index contributed by atoms with van der Waals surface area (Å²) in [7, 11) is 0. The maximum Gasteiger partial charge on any atom is 0.319 e. The van der Waals surface area contributed by atoms with Crippen LogP contribution in [0.15, 0.2) is 53.6 Å². The minimum absolute atomic E-state index is 0.170. The second kappa shape index (κ2) is 11.2. The highest BCUT2D eigenvalue weighted by Gasteiger charge is 2.16. The van der Waals surface area contributed by atoms with E-state index in [1.165, 1.54) is 36.0 Å². The number of aromatic nitrogens is 1. The topological polar surface area (TPSA) is 54.0 Å². The molecular weight excluding hydrogens is 402 g/mol. The Bertz CT molecular complexity index is 1030. The highest BCUT2D eigenvalue weighted by Crippen LogP contribution is 2.32. The smallest absolute Gasteiger partial charge is 0.319 e. The summed E-state index contributed by atoms with van der Waals surface area (Å²) < 4.78 is 0. The number of carbonyl (C=O) groups is 1. The molecule has 5 heteroatoms. The molecule has 0 fully saturated rings. The summed E-state index contributed by atoms with van der Waals surface area (Å²) in [6.45, 7) is 7.14. The summed E-state index contributed by atoms with van der Waals surface area (Å²) >= 11 is 1.62. The van der Waals surface area contributed by atoms with E-state index >= 15 is 0 Å². The quantitative estimate of drug-likeness (QED) is 0.279. The predicted octanol–water partition coefficient (Wildman–Crippen LogP) is 7.06. The summed E-state index contributed by atoms with van der Waals surface area (Å²) in [5, 5.41) is 7.18. The van der Waals surface area contributed by atoms with Crippen LogP contribution in [0.1, 0.15) is 55.2 Å². The number of anilines is 1. The molecule has 0 aliphatic heterocycles. The van der Waals surface area contributed by atoms with E-state index in [-0.39, 0.29) is 6.03 Å². The van der Waals surface area contributed by atoms with Crippen molar-refractivity contribution in [3.8, 4) is 0 Å². The standard InChI is InChI=1S/C26H33N3OS/c1-5-6-7-9-20(21-12-11-18(2)16-19(21)3)17-28-26(30)29-25-22-10-8-15-27-23(22)13-14-24(25)31-4/h8,10-16,20H,5-7,9,17H2,1-4H3,(H2,28,29,30).